The van der Waals surface area contributed by atoms with Crippen molar-refractivity contribution in [3.63, 3.8) is 0 Å². The molecule has 0 radical (unpaired) electrons. The lowest BCUT2D eigenvalue weighted by Gasteiger charge is -2.02. The van der Waals surface area contributed by atoms with Crippen molar-refractivity contribution in [2.45, 2.75) is 27.2 Å². The number of hydrogen-bond acceptors (Lipinski definition) is 1. The van der Waals surface area contributed by atoms with Gasteiger partial charge in [-0.1, -0.05) is 29.8 Å². The second kappa shape index (κ2) is 3.89. The number of nitrogens with one attached hydrogen (secondary N) is 1. The van der Waals surface area contributed by atoms with Gasteiger partial charge in [0.25, 0.3) is 0 Å². The third-order valence-corrected chi connectivity index (χ3v) is 2.78. The van der Waals surface area contributed by atoms with Gasteiger partial charge in [-0.2, -0.15) is 5.10 Å². The third kappa shape index (κ3) is 2.09. The van der Waals surface area contributed by atoms with Crippen LogP contribution >= 0.6 is 0 Å². The van der Waals surface area contributed by atoms with Crippen LogP contribution in [0.15, 0.2) is 24.3 Å². The van der Waals surface area contributed by atoms with Crippen molar-refractivity contribution >= 4 is 0 Å². The van der Waals surface area contributed by atoms with Gasteiger partial charge in [-0.3, -0.25) is 5.10 Å². The minimum atomic E-state index is 0.967. The van der Waals surface area contributed by atoms with Gasteiger partial charge in [0.1, 0.15) is 0 Å². The maximum atomic E-state index is 4.20. The van der Waals surface area contributed by atoms with Gasteiger partial charge < -0.3 is 0 Å². The van der Waals surface area contributed by atoms with Crippen LogP contribution < -0.4 is 0 Å². The van der Waals surface area contributed by atoms with Gasteiger partial charge in [-0.15, -0.1) is 0 Å². The Hall–Kier alpha value is -1.57. The number of nitrogens with zero attached hydrogens (tertiary/aromatic N) is 1. The maximum absolute atomic E-state index is 4.20. The first-order valence-electron chi connectivity index (χ1n) is 5.23. The van der Waals surface area contributed by atoms with E-state index in [1.54, 1.807) is 0 Å². The summed E-state index contributed by atoms with van der Waals surface area (Å²) in [7, 11) is 0. The highest BCUT2D eigenvalue weighted by Crippen LogP contribution is 2.15. The fourth-order valence-corrected chi connectivity index (χ4v) is 1.74. The molecule has 0 aliphatic rings. The van der Waals surface area contributed by atoms with Crippen LogP contribution in [-0.2, 0) is 6.42 Å². The number of hydrogen-bond donors (Lipinski definition) is 1. The zero-order chi connectivity index (χ0) is 10.8. The number of aromatic nitrogens is 2. The molecule has 0 atom stereocenters. The lowest BCUT2D eigenvalue weighted by molar-refractivity contribution is 1.02. The van der Waals surface area contributed by atoms with E-state index in [0.717, 1.165) is 12.1 Å². The molecule has 1 N–H and O–H groups in total. The smallest absolute Gasteiger partial charge is 0.0629 e. The molecule has 0 saturated carbocycles. The molecule has 0 unspecified atom stereocenters. The summed E-state index contributed by atoms with van der Waals surface area (Å²) in [5, 5.41) is 7.22. The van der Waals surface area contributed by atoms with E-state index >= 15 is 0 Å². The van der Waals surface area contributed by atoms with Crippen LogP contribution in [0.2, 0.25) is 0 Å². The van der Waals surface area contributed by atoms with Gasteiger partial charge in [-0.05, 0) is 26.3 Å². The second-order valence-electron chi connectivity index (χ2n) is 4.07. The van der Waals surface area contributed by atoms with Gasteiger partial charge in [0, 0.05) is 17.7 Å². The molecule has 0 aliphatic heterocycles. The van der Waals surface area contributed by atoms with Crippen LogP contribution in [-0.4, -0.2) is 10.2 Å². The molecule has 1 aromatic heterocycles. The Morgan fingerprint density at radius 2 is 1.73 bits per heavy atom. The summed E-state index contributed by atoms with van der Waals surface area (Å²) in [6, 6.07) is 8.67. The topological polar surface area (TPSA) is 28.7 Å². The number of H-pyrrole nitrogens is 1. The van der Waals surface area contributed by atoms with Crippen molar-refractivity contribution in [3.05, 3.63) is 52.3 Å². The largest absolute Gasteiger partial charge is 0.282 e. The molecule has 2 nitrogen and oxygen atoms in total. The number of benzene rings is 1. The van der Waals surface area contributed by atoms with E-state index in [4.69, 9.17) is 0 Å². The quantitative estimate of drug-likeness (QED) is 0.793. The van der Waals surface area contributed by atoms with Crippen molar-refractivity contribution in [3.8, 4) is 0 Å². The Morgan fingerprint density at radius 3 is 2.27 bits per heavy atom. The average Bonchev–Trinajstić information content (AvgIpc) is 2.53. The summed E-state index contributed by atoms with van der Waals surface area (Å²) in [6.07, 6.45) is 0.967. The monoisotopic (exact) mass is 200 g/mol. The lowest BCUT2D eigenvalue weighted by atomic mass is 10.0. The summed E-state index contributed by atoms with van der Waals surface area (Å²) < 4.78 is 0. The average molecular weight is 200 g/mol. The summed E-state index contributed by atoms with van der Waals surface area (Å²) >= 11 is 0. The molecule has 2 heteroatoms. The second-order valence-corrected chi connectivity index (χ2v) is 4.07. The van der Waals surface area contributed by atoms with Gasteiger partial charge in [0.05, 0.1) is 5.69 Å². The number of rotatable bonds is 2. The van der Waals surface area contributed by atoms with Crippen LogP contribution in [0, 0.1) is 20.8 Å². The predicted octanol–water partition coefficient (Wildman–Crippen LogP) is 2.93. The van der Waals surface area contributed by atoms with Gasteiger partial charge in [0.15, 0.2) is 0 Å². The predicted molar refractivity (Wildman–Crippen MR) is 62.0 cm³/mol. The van der Waals surface area contributed by atoms with Crippen LogP contribution in [0.4, 0.5) is 0 Å². The molecule has 78 valence electrons. The number of aryl methyl sites for hydroxylation is 3. The van der Waals surface area contributed by atoms with E-state index in [9.17, 15) is 0 Å². The number of aromatic amines is 1. The Labute approximate surface area is 90.3 Å². The van der Waals surface area contributed by atoms with Gasteiger partial charge >= 0.3 is 0 Å². The normalized spacial score (nSPS) is 10.6. The molecule has 2 aromatic rings. The molecule has 0 saturated heterocycles. The first-order valence-corrected chi connectivity index (χ1v) is 5.23. The lowest BCUT2D eigenvalue weighted by Crippen LogP contribution is -1.91. The van der Waals surface area contributed by atoms with Gasteiger partial charge in [0.2, 0.25) is 0 Å². The highest BCUT2D eigenvalue weighted by atomic mass is 15.1. The van der Waals surface area contributed by atoms with E-state index in [1.807, 2.05) is 6.92 Å². The molecule has 15 heavy (non-hydrogen) atoms. The Kier molecular flexibility index (Phi) is 2.58. The molecular formula is C13H16N2. The molecule has 0 fully saturated rings. The Morgan fingerprint density at radius 1 is 1.07 bits per heavy atom. The Balaban J connectivity index is 2.25. The molecule has 2 rings (SSSR count). The maximum Gasteiger partial charge on any atom is 0.0629 e. The SMILES string of the molecule is Cc1ccc(Cc2c(C)n[nH]c2C)cc1. The first kappa shape index (κ1) is 9.97. The standard InChI is InChI=1S/C13H16N2/c1-9-4-6-12(7-5-9)8-13-10(2)14-15-11(13)3/h4-7H,8H2,1-3H3,(H,14,15). The van der Waals surface area contributed by atoms with Crippen LogP contribution in [0.5, 0.6) is 0 Å². The fourth-order valence-electron chi connectivity index (χ4n) is 1.74. The minimum absolute atomic E-state index is 0.967. The summed E-state index contributed by atoms with van der Waals surface area (Å²) in [4.78, 5) is 0. The van der Waals surface area contributed by atoms with Crippen molar-refractivity contribution < 1.29 is 0 Å². The van der Waals surface area contributed by atoms with Gasteiger partial charge in [-0.25, -0.2) is 0 Å². The van der Waals surface area contributed by atoms with Crippen molar-refractivity contribution in [2.24, 2.45) is 0 Å². The molecule has 0 aliphatic carbocycles. The van der Waals surface area contributed by atoms with Crippen molar-refractivity contribution in [1.82, 2.24) is 10.2 Å². The van der Waals surface area contributed by atoms with Crippen molar-refractivity contribution in [2.75, 3.05) is 0 Å². The molecule has 0 spiro atoms. The Bertz CT molecular complexity index is 432. The molecule has 1 aromatic carbocycles. The first-order chi connectivity index (χ1) is 7.16. The highest BCUT2D eigenvalue weighted by molar-refractivity contribution is 5.32. The van der Waals surface area contributed by atoms with Crippen LogP contribution in [0.25, 0.3) is 0 Å². The highest BCUT2D eigenvalue weighted by Gasteiger charge is 2.06. The van der Waals surface area contributed by atoms with Crippen molar-refractivity contribution in [1.29, 1.82) is 0 Å². The molecular weight excluding hydrogens is 184 g/mol. The zero-order valence-electron chi connectivity index (χ0n) is 9.46. The summed E-state index contributed by atoms with van der Waals surface area (Å²) in [5.74, 6) is 0. The van der Waals surface area contributed by atoms with E-state index < -0.39 is 0 Å². The van der Waals surface area contributed by atoms with E-state index in [-0.39, 0.29) is 0 Å². The minimum Gasteiger partial charge on any atom is -0.282 e. The summed E-state index contributed by atoms with van der Waals surface area (Å²) in [6.45, 7) is 6.23. The molecule has 1 heterocycles. The fraction of sp³-hybridized carbons (Fsp3) is 0.308. The van der Waals surface area contributed by atoms with Crippen LogP contribution in [0.3, 0.4) is 0 Å². The van der Waals surface area contributed by atoms with E-state index in [2.05, 4.69) is 48.3 Å². The third-order valence-electron chi connectivity index (χ3n) is 2.78. The van der Waals surface area contributed by atoms with E-state index in [0.29, 0.717) is 0 Å². The molecule has 0 amide bonds. The molecule has 0 bridgehead atoms. The zero-order valence-corrected chi connectivity index (χ0v) is 9.46. The van der Waals surface area contributed by atoms with E-state index in [1.165, 1.54) is 22.4 Å². The summed E-state index contributed by atoms with van der Waals surface area (Å²) in [5.41, 5.74) is 6.24. The van der Waals surface area contributed by atoms with Crippen LogP contribution in [0.1, 0.15) is 28.1 Å².